The van der Waals surface area contributed by atoms with Gasteiger partial charge in [0.15, 0.2) is 0 Å². The lowest BCUT2D eigenvalue weighted by molar-refractivity contribution is 0.774. The van der Waals surface area contributed by atoms with E-state index in [1.807, 2.05) is 23.6 Å². The first kappa shape index (κ1) is 12.6. The molecule has 0 amide bonds. The van der Waals surface area contributed by atoms with E-state index in [1.165, 1.54) is 23.3 Å². The van der Waals surface area contributed by atoms with Crippen molar-refractivity contribution in [1.29, 1.82) is 0 Å². The van der Waals surface area contributed by atoms with Crippen molar-refractivity contribution in [3.63, 3.8) is 0 Å². The molecular formula is C15H19N3S. The van der Waals surface area contributed by atoms with E-state index in [9.17, 15) is 0 Å². The van der Waals surface area contributed by atoms with Crippen LogP contribution in [0.1, 0.15) is 23.3 Å². The highest BCUT2D eigenvalue weighted by Crippen LogP contribution is 2.34. The Morgan fingerprint density at radius 2 is 2.21 bits per heavy atom. The zero-order chi connectivity index (χ0) is 13.1. The molecular weight excluding hydrogens is 254 g/mol. The van der Waals surface area contributed by atoms with Gasteiger partial charge >= 0.3 is 0 Å². The molecule has 0 saturated heterocycles. The zero-order valence-corrected chi connectivity index (χ0v) is 11.8. The van der Waals surface area contributed by atoms with E-state index in [-0.39, 0.29) is 0 Å². The van der Waals surface area contributed by atoms with Crippen molar-refractivity contribution in [3.05, 3.63) is 46.3 Å². The largest absolute Gasteiger partial charge is 0.348 e. The normalized spacial score (nSPS) is 14.6. The summed E-state index contributed by atoms with van der Waals surface area (Å²) < 4.78 is 0. The summed E-state index contributed by atoms with van der Waals surface area (Å²) >= 11 is 1.82. The minimum absolute atomic E-state index is 0.661. The van der Waals surface area contributed by atoms with E-state index in [1.54, 1.807) is 0 Å². The van der Waals surface area contributed by atoms with E-state index < -0.39 is 0 Å². The number of rotatable bonds is 6. The summed E-state index contributed by atoms with van der Waals surface area (Å²) in [7, 11) is 0. The van der Waals surface area contributed by atoms with Crippen molar-refractivity contribution in [1.82, 2.24) is 4.98 Å². The van der Waals surface area contributed by atoms with Crippen LogP contribution in [0.25, 0.3) is 0 Å². The fraction of sp³-hybridized carbons (Fsp3) is 0.400. The van der Waals surface area contributed by atoms with Crippen LogP contribution in [0.2, 0.25) is 0 Å². The molecule has 2 aromatic heterocycles. The summed E-state index contributed by atoms with van der Waals surface area (Å²) in [5, 5.41) is 2.14. The van der Waals surface area contributed by atoms with Crippen LogP contribution < -0.4 is 10.6 Å². The minimum atomic E-state index is 0.661. The van der Waals surface area contributed by atoms with Crippen molar-refractivity contribution >= 4 is 17.2 Å². The van der Waals surface area contributed by atoms with Crippen molar-refractivity contribution in [2.24, 2.45) is 5.73 Å². The number of nitrogens with two attached hydrogens (primary N) is 1. The molecule has 0 aliphatic heterocycles. The van der Waals surface area contributed by atoms with Crippen LogP contribution in [-0.4, -0.2) is 17.6 Å². The maximum atomic E-state index is 5.71. The second kappa shape index (κ2) is 5.72. The molecule has 0 aromatic carbocycles. The van der Waals surface area contributed by atoms with E-state index >= 15 is 0 Å². The predicted octanol–water partition coefficient (Wildman–Crippen LogP) is 2.81. The number of nitrogens with zero attached hydrogens (tertiary/aromatic N) is 2. The van der Waals surface area contributed by atoms with Crippen LogP contribution in [0.15, 0.2) is 35.8 Å². The number of hydrogen-bond acceptors (Lipinski definition) is 4. The summed E-state index contributed by atoms with van der Waals surface area (Å²) in [4.78, 5) is 8.47. The Balaban J connectivity index is 1.87. The van der Waals surface area contributed by atoms with Crippen LogP contribution in [0.3, 0.4) is 0 Å². The molecule has 0 bridgehead atoms. The molecule has 0 unspecified atom stereocenters. The van der Waals surface area contributed by atoms with Gasteiger partial charge in [0.2, 0.25) is 0 Å². The van der Waals surface area contributed by atoms with Gasteiger partial charge in [-0.05, 0) is 48.9 Å². The van der Waals surface area contributed by atoms with Crippen LogP contribution in [0, 0.1) is 0 Å². The van der Waals surface area contributed by atoms with E-state index in [0.717, 1.165) is 18.8 Å². The number of pyridine rings is 1. The quantitative estimate of drug-likeness (QED) is 0.880. The highest BCUT2D eigenvalue weighted by atomic mass is 32.1. The number of thiophene rings is 1. The lowest BCUT2D eigenvalue weighted by atomic mass is 10.1. The van der Waals surface area contributed by atoms with Crippen molar-refractivity contribution in [2.45, 2.75) is 31.8 Å². The third kappa shape index (κ3) is 2.96. The van der Waals surface area contributed by atoms with Gasteiger partial charge in [-0.25, -0.2) is 4.98 Å². The molecule has 1 fully saturated rings. The molecule has 2 N–H and O–H groups in total. The third-order valence-corrected chi connectivity index (χ3v) is 4.31. The van der Waals surface area contributed by atoms with E-state index in [0.29, 0.717) is 12.6 Å². The van der Waals surface area contributed by atoms with Crippen molar-refractivity contribution < 1.29 is 0 Å². The third-order valence-electron chi connectivity index (χ3n) is 3.45. The summed E-state index contributed by atoms with van der Waals surface area (Å²) in [6.45, 7) is 1.65. The maximum absolute atomic E-state index is 5.71. The Morgan fingerprint density at radius 3 is 2.89 bits per heavy atom. The smallest absolute Gasteiger partial charge is 0.132 e. The lowest BCUT2D eigenvalue weighted by Gasteiger charge is -2.25. The maximum Gasteiger partial charge on any atom is 0.132 e. The Labute approximate surface area is 118 Å². The number of aromatic nitrogens is 1. The van der Waals surface area contributed by atoms with Gasteiger partial charge in [0.1, 0.15) is 5.82 Å². The average molecular weight is 273 g/mol. The first-order valence-corrected chi connectivity index (χ1v) is 7.69. The van der Waals surface area contributed by atoms with Gasteiger partial charge in [0.05, 0.1) is 6.54 Å². The summed E-state index contributed by atoms with van der Waals surface area (Å²) in [6, 6.07) is 9.13. The molecule has 0 radical (unpaired) electrons. The fourth-order valence-electron chi connectivity index (χ4n) is 2.37. The number of anilines is 1. The Hall–Kier alpha value is -1.39. The molecule has 0 atom stereocenters. The van der Waals surface area contributed by atoms with Crippen LogP contribution in [0.4, 0.5) is 5.82 Å². The van der Waals surface area contributed by atoms with Crippen molar-refractivity contribution in [3.8, 4) is 0 Å². The minimum Gasteiger partial charge on any atom is -0.348 e. The SMILES string of the molecule is NCCc1cccnc1N(Cc1cccs1)C1CC1. The van der Waals surface area contributed by atoms with Gasteiger partial charge < -0.3 is 10.6 Å². The molecule has 1 saturated carbocycles. The molecule has 4 heteroatoms. The van der Waals surface area contributed by atoms with Gasteiger partial charge in [-0.2, -0.15) is 0 Å². The van der Waals surface area contributed by atoms with Crippen LogP contribution in [0.5, 0.6) is 0 Å². The second-order valence-electron chi connectivity index (χ2n) is 4.96. The number of hydrogen-bond donors (Lipinski definition) is 1. The molecule has 2 aromatic rings. The topological polar surface area (TPSA) is 42.1 Å². The van der Waals surface area contributed by atoms with Gasteiger partial charge in [0.25, 0.3) is 0 Å². The Kier molecular flexibility index (Phi) is 3.80. The molecule has 0 spiro atoms. The summed E-state index contributed by atoms with van der Waals surface area (Å²) in [5.41, 5.74) is 6.98. The Bertz CT molecular complexity index is 520. The van der Waals surface area contributed by atoms with Crippen LogP contribution >= 0.6 is 11.3 Å². The molecule has 2 heterocycles. The summed E-state index contributed by atoms with van der Waals surface area (Å²) in [5.74, 6) is 1.13. The van der Waals surface area contributed by atoms with Crippen LogP contribution in [-0.2, 0) is 13.0 Å². The highest BCUT2D eigenvalue weighted by Gasteiger charge is 2.31. The molecule has 1 aliphatic carbocycles. The first-order chi connectivity index (χ1) is 9.38. The molecule has 1 aliphatic rings. The van der Waals surface area contributed by atoms with Crippen molar-refractivity contribution in [2.75, 3.05) is 11.4 Å². The lowest BCUT2D eigenvalue weighted by Crippen LogP contribution is -2.27. The Morgan fingerprint density at radius 1 is 1.32 bits per heavy atom. The molecule has 100 valence electrons. The van der Waals surface area contributed by atoms with E-state index in [4.69, 9.17) is 5.73 Å². The second-order valence-corrected chi connectivity index (χ2v) is 6.00. The highest BCUT2D eigenvalue weighted by molar-refractivity contribution is 7.09. The van der Waals surface area contributed by atoms with Gasteiger partial charge in [-0.3, -0.25) is 0 Å². The zero-order valence-electron chi connectivity index (χ0n) is 11.0. The fourth-order valence-corrected chi connectivity index (χ4v) is 3.08. The molecule has 3 nitrogen and oxygen atoms in total. The van der Waals surface area contributed by atoms with Gasteiger partial charge in [-0.1, -0.05) is 12.1 Å². The standard InChI is InChI=1S/C15H19N3S/c16-8-7-12-3-1-9-17-15(12)18(13-5-6-13)11-14-4-2-10-19-14/h1-4,9-10,13H,5-8,11,16H2. The first-order valence-electron chi connectivity index (χ1n) is 6.81. The van der Waals surface area contributed by atoms with Gasteiger partial charge in [-0.15, -0.1) is 11.3 Å². The average Bonchev–Trinajstić information content (AvgIpc) is 3.15. The van der Waals surface area contributed by atoms with E-state index in [2.05, 4.69) is 33.5 Å². The van der Waals surface area contributed by atoms with Gasteiger partial charge in [0, 0.05) is 17.1 Å². The molecule has 3 rings (SSSR count). The predicted molar refractivity (Wildman–Crippen MR) is 80.5 cm³/mol. The monoisotopic (exact) mass is 273 g/mol. The molecule has 19 heavy (non-hydrogen) atoms. The summed E-state index contributed by atoms with van der Waals surface area (Å²) in [6.07, 6.45) is 5.35.